The summed E-state index contributed by atoms with van der Waals surface area (Å²) in [6.45, 7) is 15.4. The maximum absolute atomic E-state index is 5.91. The number of ether oxygens (including phenoxy) is 1. The summed E-state index contributed by atoms with van der Waals surface area (Å²) in [7, 11) is 0. The number of nitrogens with one attached hydrogen (secondary N) is 1. The van der Waals surface area contributed by atoms with E-state index in [-0.39, 0.29) is 5.60 Å². The average molecular weight is 268 g/mol. The Morgan fingerprint density at radius 2 is 2.00 bits per heavy atom. The molecule has 1 saturated carbocycles. The first kappa shape index (κ1) is 15.3. The minimum absolute atomic E-state index is 0.0377. The lowest BCUT2D eigenvalue weighted by Gasteiger charge is -2.48. The van der Waals surface area contributed by atoms with Crippen molar-refractivity contribution in [1.29, 1.82) is 0 Å². The topological polar surface area (TPSA) is 24.5 Å². The van der Waals surface area contributed by atoms with Gasteiger partial charge >= 0.3 is 0 Å². The van der Waals surface area contributed by atoms with Gasteiger partial charge in [0.05, 0.1) is 5.60 Å². The second-order valence-electron chi connectivity index (χ2n) is 7.23. The van der Waals surface area contributed by atoms with E-state index in [4.69, 9.17) is 4.74 Å². The van der Waals surface area contributed by atoms with E-state index < -0.39 is 0 Å². The molecule has 0 bridgehead atoms. The molecule has 2 aliphatic rings. The van der Waals surface area contributed by atoms with Gasteiger partial charge in [-0.2, -0.15) is 0 Å². The van der Waals surface area contributed by atoms with Crippen LogP contribution in [0.4, 0.5) is 0 Å². The molecule has 0 spiro atoms. The molecule has 0 radical (unpaired) electrons. The van der Waals surface area contributed by atoms with Gasteiger partial charge in [0.1, 0.15) is 0 Å². The first-order chi connectivity index (χ1) is 8.90. The summed E-state index contributed by atoms with van der Waals surface area (Å²) in [6.07, 6.45) is 4.03. The van der Waals surface area contributed by atoms with Crippen molar-refractivity contribution in [3.8, 4) is 0 Å². The van der Waals surface area contributed by atoms with E-state index in [0.717, 1.165) is 25.6 Å². The highest BCUT2D eigenvalue weighted by atomic mass is 16.5. The third-order valence-electron chi connectivity index (χ3n) is 4.86. The highest BCUT2D eigenvalue weighted by Crippen LogP contribution is 2.41. The van der Waals surface area contributed by atoms with E-state index in [1.54, 1.807) is 0 Å². The molecule has 0 aromatic rings. The zero-order valence-corrected chi connectivity index (χ0v) is 13.5. The van der Waals surface area contributed by atoms with Crippen LogP contribution >= 0.6 is 0 Å². The van der Waals surface area contributed by atoms with Gasteiger partial charge < -0.3 is 10.1 Å². The van der Waals surface area contributed by atoms with Crippen LogP contribution in [0.1, 0.15) is 53.9 Å². The summed E-state index contributed by atoms with van der Waals surface area (Å²) in [5.74, 6) is 0.892. The van der Waals surface area contributed by atoms with Crippen LogP contribution in [0.2, 0.25) is 0 Å². The van der Waals surface area contributed by atoms with Gasteiger partial charge in [-0.15, -0.1) is 0 Å². The molecule has 0 aromatic heterocycles. The van der Waals surface area contributed by atoms with Crippen LogP contribution in [0, 0.1) is 5.92 Å². The Balaban J connectivity index is 2.01. The molecule has 1 N–H and O–H groups in total. The fourth-order valence-electron chi connectivity index (χ4n) is 3.59. The number of rotatable bonds is 6. The summed E-state index contributed by atoms with van der Waals surface area (Å²) in [5.41, 5.74) is 0.290. The molecular weight excluding hydrogens is 236 g/mol. The van der Waals surface area contributed by atoms with Crippen molar-refractivity contribution in [1.82, 2.24) is 10.2 Å². The third-order valence-corrected chi connectivity index (χ3v) is 4.86. The van der Waals surface area contributed by atoms with Gasteiger partial charge in [-0.25, -0.2) is 0 Å². The smallest absolute Gasteiger partial charge is 0.0752 e. The first-order valence-electron chi connectivity index (χ1n) is 8.03. The summed E-state index contributed by atoms with van der Waals surface area (Å²) in [4.78, 5) is 2.67. The molecule has 2 atom stereocenters. The molecule has 112 valence electrons. The lowest BCUT2D eigenvalue weighted by atomic mass is 9.89. The summed E-state index contributed by atoms with van der Waals surface area (Å²) < 4.78 is 5.91. The third kappa shape index (κ3) is 3.71. The largest absolute Gasteiger partial charge is 0.375 e. The van der Waals surface area contributed by atoms with Crippen LogP contribution in [-0.4, -0.2) is 48.3 Å². The lowest BCUT2D eigenvalue weighted by Crippen LogP contribution is -2.65. The molecule has 3 heteroatoms. The summed E-state index contributed by atoms with van der Waals surface area (Å²) in [6, 6.07) is 0.659. The van der Waals surface area contributed by atoms with Gasteiger partial charge in [0.2, 0.25) is 0 Å². The molecule has 1 saturated heterocycles. The van der Waals surface area contributed by atoms with Gasteiger partial charge in [-0.3, -0.25) is 4.90 Å². The second kappa shape index (κ2) is 5.71. The van der Waals surface area contributed by atoms with Crippen molar-refractivity contribution >= 4 is 0 Å². The van der Waals surface area contributed by atoms with E-state index in [9.17, 15) is 0 Å². The maximum Gasteiger partial charge on any atom is 0.0752 e. The van der Waals surface area contributed by atoms with E-state index in [1.807, 2.05) is 0 Å². The van der Waals surface area contributed by atoms with Gasteiger partial charge in [0.15, 0.2) is 0 Å². The molecule has 2 rings (SSSR count). The van der Waals surface area contributed by atoms with Crippen molar-refractivity contribution in [3.05, 3.63) is 0 Å². The van der Waals surface area contributed by atoms with Crippen LogP contribution in [0.3, 0.4) is 0 Å². The Morgan fingerprint density at radius 3 is 2.53 bits per heavy atom. The van der Waals surface area contributed by atoms with Crippen molar-refractivity contribution in [3.63, 3.8) is 0 Å². The minimum atomic E-state index is -0.0377. The van der Waals surface area contributed by atoms with Crippen molar-refractivity contribution in [2.24, 2.45) is 5.92 Å². The van der Waals surface area contributed by atoms with E-state index >= 15 is 0 Å². The normalized spacial score (nSPS) is 33.6. The van der Waals surface area contributed by atoms with Gasteiger partial charge in [-0.05, 0) is 52.9 Å². The van der Waals surface area contributed by atoms with Crippen molar-refractivity contribution in [2.45, 2.75) is 71.1 Å². The summed E-state index contributed by atoms with van der Waals surface area (Å²) in [5, 5.41) is 3.82. The molecule has 2 unspecified atom stereocenters. The molecule has 0 aromatic carbocycles. The molecule has 1 aliphatic carbocycles. The molecular formula is C16H32N2O. The fourth-order valence-corrected chi connectivity index (χ4v) is 3.59. The standard InChI is InChI=1S/C16H32N2O/c1-6-14-10-17-16(5,13-8-9-13)12-18(14)11-15(3,4)19-7-2/h13-14,17H,6-12H2,1-5H3. The molecule has 19 heavy (non-hydrogen) atoms. The van der Waals surface area contributed by atoms with Crippen LogP contribution in [0.15, 0.2) is 0 Å². The van der Waals surface area contributed by atoms with Crippen LogP contribution in [0.5, 0.6) is 0 Å². The Morgan fingerprint density at radius 1 is 1.32 bits per heavy atom. The fraction of sp³-hybridized carbons (Fsp3) is 1.00. The van der Waals surface area contributed by atoms with E-state index in [2.05, 4.69) is 44.8 Å². The Kier molecular flexibility index (Phi) is 4.59. The maximum atomic E-state index is 5.91. The second-order valence-corrected chi connectivity index (χ2v) is 7.23. The zero-order valence-electron chi connectivity index (χ0n) is 13.5. The minimum Gasteiger partial charge on any atom is -0.375 e. The summed E-state index contributed by atoms with van der Waals surface area (Å²) >= 11 is 0. The number of hydrogen-bond donors (Lipinski definition) is 1. The van der Waals surface area contributed by atoms with Gasteiger partial charge in [0, 0.05) is 37.8 Å². The number of hydrogen-bond acceptors (Lipinski definition) is 3. The average Bonchev–Trinajstić information content (AvgIpc) is 3.12. The van der Waals surface area contributed by atoms with Crippen LogP contribution < -0.4 is 5.32 Å². The van der Waals surface area contributed by atoms with Crippen LogP contribution in [-0.2, 0) is 4.74 Å². The van der Waals surface area contributed by atoms with Crippen molar-refractivity contribution in [2.75, 3.05) is 26.2 Å². The highest BCUT2D eigenvalue weighted by Gasteiger charge is 2.46. The van der Waals surface area contributed by atoms with Gasteiger partial charge in [0.25, 0.3) is 0 Å². The molecule has 2 fully saturated rings. The Labute approximate surface area is 119 Å². The monoisotopic (exact) mass is 268 g/mol. The SMILES string of the molecule is CCOC(C)(C)CN1CC(C)(C2CC2)NCC1CC. The molecule has 0 amide bonds. The molecule has 1 aliphatic heterocycles. The van der Waals surface area contributed by atoms with Crippen molar-refractivity contribution < 1.29 is 4.74 Å². The Bertz CT molecular complexity index is 301. The quantitative estimate of drug-likeness (QED) is 0.801. The van der Waals surface area contributed by atoms with Gasteiger partial charge in [-0.1, -0.05) is 6.92 Å². The number of nitrogens with zero attached hydrogens (tertiary/aromatic N) is 1. The molecule has 1 heterocycles. The van der Waals surface area contributed by atoms with E-state index in [0.29, 0.717) is 11.6 Å². The predicted octanol–water partition coefficient (Wildman–Crippen LogP) is 2.65. The first-order valence-corrected chi connectivity index (χ1v) is 8.03. The van der Waals surface area contributed by atoms with E-state index in [1.165, 1.54) is 25.8 Å². The predicted molar refractivity (Wildman–Crippen MR) is 80.5 cm³/mol. The zero-order chi connectivity index (χ0) is 14.1. The Hall–Kier alpha value is -0.120. The highest BCUT2D eigenvalue weighted by molar-refractivity contribution is 5.04. The number of piperazine rings is 1. The molecule has 3 nitrogen and oxygen atoms in total. The lowest BCUT2D eigenvalue weighted by molar-refractivity contribution is -0.0567. The van der Waals surface area contributed by atoms with Crippen LogP contribution in [0.25, 0.3) is 0 Å².